The van der Waals surface area contributed by atoms with E-state index in [-0.39, 0.29) is 17.7 Å². The Morgan fingerprint density at radius 1 is 0.744 bits per heavy atom. The van der Waals surface area contributed by atoms with Crippen molar-refractivity contribution in [2.45, 2.75) is 5.60 Å². The molecule has 0 radical (unpaired) electrons. The summed E-state index contributed by atoms with van der Waals surface area (Å²) in [5.74, 6) is -2.62. The Morgan fingerprint density at radius 3 is 2.05 bits per heavy atom. The van der Waals surface area contributed by atoms with E-state index in [2.05, 4.69) is 10.3 Å². The van der Waals surface area contributed by atoms with E-state index >= 15 is 0 Å². The van der Waals surface area contributed by atoms with E-state index in [1.165, 1.54) is 0 Å². The van der Waals surface area contributed by atoms with Gasteiger partial charge in [0.15, 0.2) is 5.60 Å². The van der Waals surface area contributed by atoms with Crippen molar-refractivity contribution in [1.82, 2.24) is 15.3 Å². The summed E-state index contributed by atoms with van der Waals surface area (Å²) in [5.41, 5.74) is 3.74. The highest BCUT2D eigenvalue weighted by molar-refractivity contribution is 6.08. The molecule has 2 aromatic carbocycles. The van der Waals surface area contributed by atoms with Crippen molar-refractivity contribution in [2.24, 2.45) is 23.7 Å². The van der Waals surface area contributed by atoms with Crippen molar-refractivity contribution in [2.75, 3.05) is 0 Å². The van der Waals surface area contributed by atoms with Gasteiger partial charge in [-0.2, -0.15) is 0 Å². The van der Waals surface area contributed by atoms with Crippen molar-refractivity contribution in [3.05, 3.63) is 149 Å². The second-order valence-corrected chi connectivity index (χ2v) is 10.2. The lowest BCUT2D eigenvalue weighted by atomic mass is 9.71. The molecule has 190 valence electrons. The average Bonchev–Trinajstić information content (AvgIpc) is 3.63. The van der Waals surface area contributed by atoms with E-state index in [9.17, 15) is 14.7 Å². The van der Waals surface area contributed by atoms with Crippen LogP contribution in [-0.4, -0.2) is 26.9 Å². The normalized spacial score (nSPS) is 26.0. The zero-order valence-corrected chi connectivity index (χ0v) is 20.9. The summed E-state index contributed by atoms with van der Waals surface area (Å²) >= 11 is 0. The molecular weight excluding hydrogens is 486 g/mol. The predicted molar refractivity (Wildman–Crippen MR) is 146 cm³/mol. The molecule has 2 amide bonds. The predicted octanol–water partition coefficient (Wildman–Crippen LogP) is 4.29. The van der Waals surface area contributed by atoms with Gasteiger partial charge >= 0.3 is 0 Å². The lowest BCUT2D eigenvalue weighted by molar-refractivity contribution is -0.126. The number of fused-ring (bicyclic) bond motifs is 5. The SMILES string of the molecule is O=C1NC(=O)[C@H]2[C@H]1[C@@H]1C=C([C@@](O)(c3ccccc3)c3ccccn3)[C@H]2/C1=C(/c1ccccc1)c1ccccn1. The molecule has 5 atom stereocenters. The number of benzene rings is 2. The van der Waals surface area contributed by atoms with Crippen LogP contribution in [-0.2, 0) is 15.2 Å². The largest absolute Gasteiger partial charge is 0.375 e. The summed E-state index contributed by atoms with van der Waals surface area (Å²) in [6.45, 7) is 0. The van der Waals surface area contributed by atoms with Gasteiger partial charge in [0, 0.05) is 29.8 Å². The third kappa shape index (κ3) is 3.45. The topological polar surface area (TPSA) is 92.2 Å². The molecule has 2 aromatic heterocycles. The minimum atomic E-state index is -1.60. The lowest BCUT2D eigenvalue weighted by Crippen LogP contribution is -2.38. The fraction of sp³-hybridized carbons (Fsp3) is 0.152. The zero-order valence-electron chi connectivity index (χ0n) is 20.9. The van der Waals surface area contributed by atoms with Crippen LogP contribution in [0.1, 0.15) is 22.5 Å². The van der Waals surface area contributed by atoms with Gasteiger partial charge in [-0.3, -0.25) is 24.9 Å². The Kier molecular flexibility index (Phi) is 5.39. The van der Waals surface area contributed by atoms with Gasteiger partial charge in [0.05, 0.1) is 23.2 Å². The minimum Gasteiger partial charge on any atom is -0.375 e. The van der Waals surface area contributed by atoms with Gasteiger partial charge in [-0.05, 0) is 46.5 Å². The highest BCUT2D eigenvalue weighted by atomic mass is 16.3. The molecule has 2 fully saturated rings. The summed E-state index contributed by atoms with van der Waals surface area (Å²) in [6.07, 6.45) is 5.41. The van der Waals surface area contributed by atoms with E-state index in [4.69, 9.17) is 4.98 Å². The van der Waals surface area contributed by atoms with Crippen molar-refractivity contribution in [3.63, 3.8) is 0 Å². The van der Waals surface area contributed by atoms with Crippen molar-refractivity contribution >= 4 is 17.4 Å². The number of nitrogens with zero attached hydrogens (tertiary/aromatic N) is 2. The first kappa shape index (κ1) is 23.4. The smallest absolute Gasteiger partial charge is 0.231 e. The molecule has 1 saturated carbocycles. The minimum absolute atomic E-state index is 0.264. The maximum Gasteiger partial charge on any atom is 0.231 e. The zero-order chi connectivity index (χ0) is 26.6. The summed E-state index contributed by atoms with van der Waals surface area (Å²) in [6, 6.07) is 30.6. The maximum atomic E-state index is 13.3. The molecule has 2 N–H and O–H groups in total. The molecule has 0 unspecified atom stereocenters. The molecule has 6 heteroatoms. The molecular formula is C33H25N3O3. The maximum absolute atomic E-state index is 13.3. The Morgan fingerprint density at radius 2 is 1.38 bits per heavy atom. The molecule has 1 saturated heterocycles. The second kappa shape index (κ2) is 8.96. The first-order valence-electron chi connectivity index (χ1n) is 13.1. The number of carbonyl (C=O) groups excluding carboxylic acids is 2. The highest BCUT2D eigenvalue weighted by Crippen LogP contribution is 2.63. The fourth-order valence-electron chi connectivity index (χ4n) is 6.77. The van der Waals surface area contributed by atoms with Gasteiger partial charge in [0.1, 0.15) is 0 Å². The molecule has 4 aromatic rings. The number of aromatic nitrogens is 2. The Balaban J connectivity index is 1.53. The Hall–Kier alpha value is -4.68. The van der Waals surface area contributed by atoms with E-state index in [1.54, 1.807) is 18.5 Å². The van der Waals surface area contributed by atoms with Crippen LogP contribution in [0.25, 0.3) is 5.57 Å². The van der Waals surface area contributed by atoms with E-state index < -0.39 is 23.4 Å². The number of nitrogens with one attached hydrogen (secondary N) is 1. The number of rotatable bonds is 5. The number of hydrogen-bond donors (Lipinski definition) is 2. The number of carbonyl (C=O) groups is 2. The van der Waals surface area contributed by atoms with E-state index in [0.717, 1.165) is 22.4 Å². The molecule has 7 rings (SSSR count). The molecule has 2 aliphatic carbocycles. The number of hydrogen-bond acceptors (Lipinski definition) is 5. The Labute approximate surface area is 225 Å². The van der Waals surface area contributed by atoms with Gasteiger partial charge in [-0.15, -0.1) is 0 Å². The average molecular weight is 512 g/mol. The van der Waals surface area contributed by atoms with Gasteiger partial charge in [0.2, 0.25) is 11.8 Å². The summed E-state index contributed by atoms with van der Waals surface area (Å²) in [7, 11) is 0. The third-order valence-corrected chi connectivity index (χ3v) is 8.29. The van der Waals surface area contributed by atoms with Crippen LogP contribution in [0, 0.1) is 23.7 Å². The fourth-order valence-corrected chi connectivity index (χ4v) is 6.77. The van der Waals surface area contributed by atoms with Crippen molar-refractivity contribution < 1.29 is 14.7 Å². The first-order chi connectivity index (χ1) is 19.1. The molecule has 3 aliphatic rings. The summed E-state index contributed by atoms with van der Waals surface area (Å²) in [5, 5.41) is 15.3. The monoisotopic (exact) mass is 511 g/mol. The van der Waals surface area contributed by atoms with Gasteiger partial charge in [-0.25, -0.2) is 0 Å². The highest BCUT2D eigenvalue weighted by Gasteiger charge is 2.64. The molecule has 6 nitrogen and oxygen atoms in total. The molecule has 2 bridgehead atoms. The van der Waals surface area contributed by atoms with Crippen LogP contribution in [0.15, 0.2) is 127 Å². The molecule has 39 heavy (non-hydrogen) atoms. The molecule has 0 spiro atoms. The van der Waals surface area contributed by atoms with E-state index in [1.807, 2.05) is 97.1 Å². The number of imide groups is 1. The number of pyridine rings is 2. The van der Waals surface area contributed by atoms with Crippen molar-refractivity contribution in [3.8, 4) is 0 Å². The van der Waals surface area contributed by atoms with Crippen LogP contribution in [0.5, 0.6) is 0 Å². The summed E-state index contributed by atoms with van der Waals surface area (Å²) in [4.78, 5) is 35.7. The van der Waals surface area contributed by atoms with Gasteiger partial charge in [-0.1, -0.05) is 78.9 Å². The quantitative estimate of drug-likeness (QED) is 0.308. The van der Waals surface area contributed by atoms with Crippen LogP contribution < -0.4 is 5.32 Å². The second-order valence-electron chi connectivity index (χ2n) is 10.2. The van der Waals surface area contributed by atoms with Crippen LogP contribution in [0.3, 0.4) is 0 Å². The lowest BCUT2D eigenvalue weighted by Gasteiger charge is -2.36. The Bertz CT molecular complexity index is 1550. The van der Waals surface area contributed by atoms with Crippen molar-refractivity contribution in [1.29, 1.82) is 0 Å². The van der Waals surface area contributed by atoms with Crippen LogP contribution in [0.4, 0.5) is 0 Å². The molecule has 1 aliphatic heterocycles. The van der Waals surface area contributed by atoms with Crippen LogP contribution in [0.2, 0.25) is 0 Å². The summed E-state index contributed by atoms with van der Waals surface area (Å²) < 4.78 is 0. The van der Waals surface area contributed by atoms with Gasteiger partial charge in [0.25, 0.3) is 0 Å². The van der Waals surface area contributed by atoms with E-state index in [0.29, 0.717) is 16.8 Å². The third-order valence-electron chi connectivity index (χ3n) is 8.29. The number of amides is 2. The molecule has 3 heterocycles. The van der Waals surface area contributed by atoms with Gasteiger partial charge < -0.3 is 5.11 Å². The standard InChI is InChI=1S/C33H25N3O3/c37-31-28-22-19-23(33(39,21-13-5-2-6-14-21)25-16-8-10-18-35-25)29(30(28)32(38)36-31)27(22)26(20-11-3-1-4-12-20)24-15-7-9-17-34-24/h1-19,22,28-30,39H,(H,36,37,38)/b27-26-/t22-,28-,29+,30+,33+/m1/s1. The van der Waals surface area contributed by atoms with Crippen LogP contribution >= 0.6 is 0 Å². The number of allylic oxidation sites excluding steroid dienone is 2. The first-order valence-corrected chi connectivity index (χ1v) is 13.1. The number of aliphatic hydroxyl groups is 1.